The third-order valence-corrected chi connectivity index (χ3v) is 4.91. The summed E-state index contributed by atoms with van der Waals surface area (Å²) in [6, 6.07) is 5.08. The molecule has 1 saturated heterocycles. The molecule has 1 aliphatic heterocycles. The third-order valence-electron chi connectivity index (χ3n) is 4.08. The summed E-state index contributed by atoms with van der Waals surface area (Å²) in [4.78, 5) is 13.8. The number of rotatable bonds is 4. The minimum absolute atomic E-state index is 0.184. The number of nitrogens with zero attached hydrogens (tertiary/aromatic N) is 1. The van der Waals surface area contributed by atoms with Crippen LogP contribution in [0, 0.1) is 11.7 Å². The fraction of sp³-hybridized carbons (Fsp3) is 0.533. The van der Waals surface area contributed by atoms with Crippen molar-refractivity contribution in [3.8, 4) is 0 Å². The number of hydrogen-bond acceptors (Lipinski definition) is 3. The zero-order valence-electron chi connectivity index (χ0n) is 12.0. The van der Waals surface area contributed by atoms with Gasteiger partial charge in [-0.05, 0) is 24.1 Å². The van der Waals surface area contributed by atoms with Gasteiger partial charge in [-0.1, -0.05) is 6.07 Å². The molecular weight excluding hydrogens is 328 g/mol. The van der Waals surface area contributed by atoms with Crippen LogP contribution in [0.4, 0.5) is 10.1 Å². The van der Waals surface area contributed by atoms with Gasteiger partial charge < -0.3 is 15.5 Å². The van der Waals surface area contributed by atoms with Gasteiger partial charge in [0, 0.05) is 32.7 Å². The van der Waals surface area contributed by atoms with E-state index in [1.807, 2.05) is 11.0 Å². The van der Waals surface area contributed by atoms with E-state index in [-0.39, 0.29) is 24.2 Å². The molecule has 120 valence electrons. The molecule has 7 heteroatoms. The lowest BCUT2D eigenvalue weighted by atomic mass is 10.1. The lowest BCUT2D eigenvalue weighted by Gasteiger charge is -2.29. The largest absolute Gasteiger partial charge is 0.367 e. The Kier molecular flexibility index (Phi) is 4.48. The number of piperazine rings is 1. The lowest BCUT2D eigenvalue weighted by Crippen LogP contribution is -2.43. The van der Waals surface area contributed by atoms with E-state index in [4.69, 9.17) is 23.2 Å². The topological polar surface area (TPSA) is 44.4 Å². The Hall–Kier alpha value is -1.04. The summed E-state index contributed by atoms with van der Waals surface area (Å²) >= 11 is 11.7. The van der Waals surface area contributed by atoms with Gasteiger partial charge in [0.1, 0.15) is 10.2 Å². The summed E-state index contributed by atoms with van der Waals surface area (Å²) in [6.45, 7) is 3.58. The number of amides is 1. The van der Waals surface area contributed by atoms with E-state index in [1.165, 1.54) is 6.07 Å². The van der Waals surface area contributed by atoms with Crippen LogP contribution in [0.3, 0.4) is 0 Å². The normalized spacial score (nSPS) is 23.2. The highest BCUT2D eigenvalue weighted by molar-refractivity contribution is 6.52. The standard InChI is InChI=1S/C15H18Cl2FN3O/c16-15(17)8-11(15)14(22)20-9-10-1-2-13(12(18)7-10)21-5-3-19-4-6-21/h1-2,7,11,19H,3-6,8-9H2,(H,20,22). The summed E-state index contributed by atoms with van der Waals surface area (Å²) in [7, 11) is 0. The number of nitrogens with one attached hydrogen (secondary N) is 2. The van der Waals surface area contributed by atoms with Gasteiger partial charge in [-0.2, -0.15) is 0 Å². The molecule has 1 aliphatic carbocycles. The van der Waals surface area contributed by atoms with Gasteiger partial charge >= 0.3 is 0 Å². The molecule has 4 nitrogen and oxygen atoms in total. The molecule has 0 spiro atoms. The Bertz CT molecular complexity index is 576. The lowest BCUT2D eigenvalue weighted by molar-refractivity contribution is -0.122. The molecule has 22 heavy (non-hydrogen) atoms. The highest BCUT2D eigenvalue weighted by Gasteiger charge is 2.56. The van der Waals surface area contributed by atoms with Crippen molar-refractivity contribution in [2.24, 2.45) is 5.92 Å². The average Bonchev–Trinajstić information content (AvgIpc) is 3.15. The van der Waals surface area contributed by atoms with Crippen LogP contribution in [0.5, 0.6) is 0 Å². The molecule has 3 rings (SSSR count). The average molecular weight is 346 g/mol. The first kappa shape index (κ1) is 15.8. The van der Waals surface area contributed by atoms with Crippen molar-refractivity contribution in [2.75, 3.05) is 31.1 Å². The Morgan fingerprint density at radius 3 is 2.68 bits per heavy atom. The van der Waals surface area contributed by atoms with Crippen molar-refractivity contribution in [3.63, 3.8) is 0 Å². The van der Waals surface area contributed by atoms with E-state index in [9.17, 15) is 9.18 Å². The summed E-state index contributed by atoms with van der Waals surface area (Å²) in [6.07, 6.45) is 0.470. The maximum atomic E-state index is 14.2. The first-order valence-corrected chi connectivity index (χ1v) is 8.12. The van der Waals surface area contributed by atoms with Crippen molar-refractivity contribution in [2.45, 2.75) is 17.3 Å². The monoisotopic (exact) mass is 345 g/mol. The SMILES string of the molecule is O=C(NCc1ccc(N2CCNCC2)c(F)c1)C1CC1(Cl)Cl. The zero-order chi connectivity index (χ0) is 15.7. The Morgan fingerprint density at radius 2 is 2.09 bits per heavy atom. The third kappa shape index (κ3) is 3.47. The van der Waals surface area contributed by atoms with E-state index in [2.05, 4.69) is 10.6 Å². The maximum absolute atomic E-state index is 14.2. The number of anilines is 1. The predicted molar refractivity (Wildman–Crippen MR) is 85.9 cm³/mol. The second kappa shape index (κ2) is 6.22. The molecule has 2 aliphatic rings. The van der Waals surface area contributed by atoms with Gasteiger partial charge in [0.25, 0.3) is 0 Å². The molecule has 2 N–H and O–H groups in total. The smallest absolute Gasteiger partial charge is 0.226 e. The summed E-state index contributed by atoms with van der Waals surface area (Å²) in [5.74, 6) is -0.804. The number of benzene rings is 1. The van der Waals surface area contributed by atoms with Crippen molar-refractivity contribution >= 4 is 34.8 Å². The first-order chi connectivity index (χ1) is 10.5. The maximum Gasteiger partial charge on any atom is 0.226 e. The van der Waals surface area contributed by atoms with Gasteiger partial charge in [0.05, 0.1) is 11.6 Å². The predicted octanol–water partition coefficient (Wildman–Crippen LogP) is 2.05. The van der Waals surface area contributed by atoms with E-state index >= 15 is 0 Å². The molecule has 0 bridgehead atoms. The van der Waals surface area contributed by atoms with Crippen LogP contribution in [0.1, 0.15) is 12.0 Å². The molecule has 1 heterocycles. The second-order valence-electron chi connectivity index (χ2n) is 5.76. The molecule has 0 aromatic heterocycles. The zero-order valence-corrected chi connectivity index (χ0v) is 13.6. The molecule has 1 aromatic rings. The Morgan fingerprint density at radius 1 is 1.41 bits per heavy atom. The molecule has 1 saturated carbocycles. The highest BCUT2D eigenvalue weighted by Crippen LogP contribution is 2.53. The molecule has 1 amide bonds. The van der Waals surface area contributed by atoms with E-state index in [0.717, 1.165) is 31.7 Å². The molecule has 1 atom stereocenters. The molecule has 2 fully saturated rings. The van der Waals surface area contributed by atoms with Crippen LogP contribution in [-0.2, 0) is 11.3 Å². The van der Waals surface area contributed by atoms with Crippen LogP contribution in [0.15, 0.2) is 18.2 Å². The van der Waals surface area contributed by atoms with E-state index < -0.39 is 4.33 Å². The number of halogens is 3. The van der Waals surface area contributed by atoms with Crippen molar-refractivity contribution in [1.29, 1.82) is 0 Å². The number of carbonyl (C=O) groups is 1. The van der Waals surface area contributed by atoms with Crippen LogP contribution >= 0.6 is 23.2 Å². The molecule has 1 aromatic carbocycles. The quantitative estimate of drug-likeness (QED) is 0.821. The molecular formula is C15H18Cl2FN3O. The summed E-state index contributed by atoms with van der Waals surface area (Å²) in [5.41, 5.74) is 1.33. The second-order valence-corrected chi connectivity index (χ2v) is 7.30. The van der Waals surface area contributed by atoms with Crippen LogP contribution in [0.2, 0.25) is 0 Å². The number of alkyl halides is 2. The van der Waals surface area contributed by atoms with E-state index in [0.29, 0.717) is 12.1 Å². The van der Waals surface area contributed by atoms with Crippen molar-refractivity contribution in [1.82, 2.24) is 10.6 Å². The van der Waals surface area contributed by atoms with Crippen molar-refractivity contribution in [3.05, 3.63) is 29.6 Å². The van der Waals surface area contributed by atoms with Crippen LogP contribution in [0.25, 0.3) is 0 Å². The highest BCUT2D eigenvalue weighted by atomic mass is 35.5. The number of carbonyl (C=O) groups excluding carboxylic acids is 1. The summed E-state index contributed by atoms with van der Waals surface area (Å²) in [5, 5.41) is 5.98. The fourth-order valence-electron chi connectivity index (χ4n) is 2.63. The van der Waals surface area contributed by atoms with Gasteiger partial charge in [0.2, 0.25) is 5.91 Å². The van der Waals surface area contributed by atoms with Gasteiger partial charge in [-0.3, -0.25) is 4.79 Å². The van der Waals surface area contributed by atoms with E-state index in [1.54, 1.807) is 6.07 Å². The van der Waals surface area contributed by atoms with Crippen molar-refractivity contribution < 1.29 is 9.18 Å². The Balaban J connectivity index is 1.58. The minimum Gasteiger partial charge on any atom is -0.367 e. The minimum atomic E-state index is -0.929. The fourth-order valence-corrected chi connectivity index (χ4v) is 3.14. The van der Waals surface area contributed by atoms with Gasteiger partial charge in [0.15, 0.2) is 0 Å². The molecule has 0 radical (unpaired) electrons. The molecule has 1 unspecified atom stereocenters. The first-order valence-electron chi connectivity index (χ1n) is 7.37. The number of hydrogen-bond donors (Lipinski definition) is 2. The van der Waals surface area contributed by atoms with Crippen LogP contribution < -0.4 is 15.5 Å². The Labute approximate surface area is 138 Å². The van der Waals surface area contributed by atoms with Crippen LogP contribution in [-0.4, -0.2) is 36.4 Å². The van der Waals surface area contributed by atoms with Gasteiger partial charge in [-0.25, -0.2) is 4.39 Å². The summed E-state index contributed by atoms with van der Waals surface area (Å²) < 4.78 is 13.3. The van der Waals surface area contributed by atoms with Gasteiger partial charge in [-0.15, -0.1) is 23.2 Å².